The monoisotopic (exact) mass is 156 g/mol. The third-order valence-electron chi connectivity index (χ3n) is 2.83. The molecule has 1 aliphatic carbocycles. The number of Topliss-reactive ketones (excluding diaryl/α,β-unsaturated/α-hetero) is 1. The SMILES string of the molecule is CC1CC(=O)C(CO)CC1C. The van der Waals surface area contributed by atoms with Gasteiger partial charge in [0.05, 0.1) is 6.61 Å². The van der Waals surface area contributed by atoms with Crippen LogP contribution in [-0.4, -0.2) is 17.5 Å². The van der Waals surface area contributed by atoms with Crippen LogP contribution in [0.1, 0.15) is 26.7 Å². The smallest absolute Gasteiger partial charge is 0.138 e. The summed E-state index contributed by atoms with van der Waals surface area (Å²) in [6, 6.07) is 0. The van der Waals surface area contributed by atoms with E-state index in [-0.39, 0.29) is 18.3 Å². The molecule has 0 aromatic carbocycles. The van der Waals surface area contributed by atoms with Crippen LogP contribution in [0.25, 0.3) is 0 Å². The van der Waals surface area contributed by atoms with Crippen LogP contribution < -0.4 is 0 Å². The maximum absolute atomic E-state index is 11.2. The van der Waals surface area contributed by atoms with Crippen molar-refractivity contribution in [2.24, 2.45) is 17.8 Å². The predicted octanol–water partition coefficient (Wildman–Crippen LogP) is 1.23. The zero-order valence-electron chi connectivity index (χ0n) is 7.21. The van der Waals surface area contributed by atoms with Crippen LogP contribution >= 0.6 is 0 Å². The number of carbonyl (C=O) groups excluding carboxylic acids is 1. The fourth-order valence-electron chi connectivity index (χ4n) is 1.67. The number of aliphatic hydroxyl groups excluding tert-OH is 1. The molecule has 0 saturated heterocycles. The number of hydrogen-bond donors (Lipinski definition) is 1. The number of rotatable bonds is 1. The molecule has 0 aromatic heterocycles. The summed E-state index contributed by atoms with van der Waals surface area (Å²) in [4.78, 5) is 11.2. The van der Waals surface area contributed by atoms with E-state index in [1.54, 1.807) is 0 Å². The van der Waals surface area contributed by atoms with Gasteiger partial charge in [0.25, 0.3) is 0 Å². The molecule has 1 aliphatic rings. The van der Waals surface area contributed by atoms with Crippen LogP contribution in [0.4, 0.5) is 0 Å². The van der Waals surface area contributed by atoms with Gasteiger partial charge in [0.15, 0.2) is 0 Å². The van der Waals surface area contributed by atoms with Crippen LogP contribution in [0.3, 0.4) is 0 Å². The molecule has 0 bridgehead atoms. The highest BCUT2D eigenvalue weighted by Gasteiger charge is 2.30. The largest absolute Gasteiger partial charge is 0.396 e. The van der Waals surface area contributed by atoms with Crippen LogP contribution in [-0.2, 0) is 4.79 Å². The van der Waals surface area contributed by atoms with E-state index in [2.05, 4.69) is 13.8 Å². The van der Waals surface area contributed by atoms with Crippen molar-refractivity contribution in [3.63, 3.8) is 0 Å². The third kappa shape index (κ3) is 1.80. The second-order valence-corrected chi connectivity index (χ2v) is 3.74. The molecule has 11 heavy (non-hydrogen) atoms. The molecule has 0 aliphatic heterocycles. The van der Waals surface area contributed by atoms with E-state index in [1.807, 2.05) is 0 Å². The summed E-state index contributed by atoms with van der Waals surface area (Å²) in [5, 5.41) is 8.84. The van der Waals surface area contributed by atoms with Crippen molar-refractivity contribution in [3.8, 4) is 0 Å². The molecular formula is C9H16O2. The Bertz CT molecular complexity index is 154. The molecule has 1 fully saturated rings. The summed E-state index contributed by atoms with van der Waals surface area (Å²) >= 11 is 0. The predicted molar refractivity (Wildman–Crippen MR) is 43.1 cm³/mol. The van der Waals surface area contributed by atoms with E-state index in [9.17, 15) is 4.79 Å². The molecule has 1 rings (SSSR count). The summed E-state index contributed by atoms with van der Waals surface area (Å²) < 4.78 is 0. The first-order valence-corrected chi connectivity index (χ1v) is 4.28. The van der Waals surface area contributed by atoms with Gasteiger partial charge in [0.1, 0.15) is 5.78 Å². The normalized spacial score (nSPS) is 39.2. The van der Waals surface area contributed by atoms with Gasteiger partial charge in [-0.1, -0.05) is 13.8 Å². The molecule has 2 nitrogen and oxygen atoms in total. The lowest BCUT2D eigenvalue weighted by atomic mass is 9.75. The standard InChI is InChI=1S/C9H16O2/c1-6-3-8(5-10)9(11)4-7(6)2/h6-8,10H,3-5H2,1-2H3. The minimum absolute atomic E-state index is 0.0376. The molecule has 3 unspecified atom stereocenters. The fraction of sp³-hybridized carbons (Fsp3) is 0.889. The molecule has 3 atom stereocenters. The van der Waals surface area contributed by atoms with Gasteiger partial charge < -0.3 is 5.11 Å². The first-order chi connectivity index (χ1) is 5.15. The lowest BCUT2D eigenvalue weighted by Gasteiger charge is -2.29. The summed E-state index contributed by atoms with van der Waals surface area (Å²) in [6.07, 6.45) is 1.53. The van der Waals surface area contributed by atoms with Crippen LogP contribution in [0.5, 0.6) is 0 Å². The molecule has 0 amide bonds. The van der Waals surface area contributed by atoms with E-state index in [1.165, 1.54) is 0 Å². The molecule has 1 N–H and O–H groups in total. The minimum atomic E-state index is -0.0683. The maximum Gasteiger partial charge on any atom is 0.138 e. The highest BCUT2D eigenvalue weighted by atomic mass is 16.3. The molecule has 0 aromatic rings. The second kappa shape index (κ2) is 3.35. The first-order valence-electron chi connectivity index (χ1n) is 4.28. The Labute approximate surface area is 67.6 Å². The second-order valence-electron chi connectivity index (χ2n) is 3.74. The van der Waals surface area contributed by atoms with Gasteiger partial charge in [-0.05, 0) is 18.3 Å². The Hall–Kier alpha value is -0.370. The van der Waals surface area contributed by atoms with Crippen LogP contribution in [0, 0.1) is 17.8 Å². The molecule has 1 saturated carbocycles. The molecular weight excluding hydrogens is 140 g/mol. The van der Waals surface area contributed by atoms with Crippen molar-refractivity contribution >= 4 is 5.78 Å². The van der Waals surface area contributed by atoms with E-state index >= 15 is 0 Å². The topological polar surface area (TPSA) is 37.3 Å². The summed E-state index contributed by atoms with van der Waals surface area (Å²) in [5.74, 6) is 1.27. The summed E-state index contributed by atoms with van der Waals surface area (Å²) in [7, 11) is 0. The van der Waals surface area contributed by atoms with Gasteiger partial charge in [-0.2, -0.15) is 0 Å². The molecule has 2 heteroatoms. The number of carbonyl (C=O) groups is 1. The Morgan fingerprint density at radius 2 is 2.09 bits per heavy atom. The first kappa shape index (κ1) is 8.72. The maximum atomic E-state index is 11.2. The highest BCUT2D eigenvalue weighted by molar-refractivity contribution is 5.82. The van der Waals surface area contributed by atoms with Crippen molar-refractivity contribution in [2.45, 2.75) is 26.7 Å². The third-order valence-corrected chi connectivity index (χ3v) is 2.83. The molecule has 0 spiro atoms. The number of ketones is 1. The highest BCUT2D eigenvalue weighted by Crippen LogP contribution is 2.30. The summed E-state index contributed by atoms with van der Waals surface area (Å²) in [5.41, 5.74) is 0. The van der Waals surface area contributed by atoms with E-state index < -0.39 is 0 Å². The number of hydrogen-bond acceptors (Lipinski definition) is 2. The zero-order chi connectivity index (χ0) is 8.43. The fourth-order valence-corrected chi connectivity index (χ4v) is 1.67. The van der Waals surface area contributed by atoms with Crippen molar-refractivity contribution in [1.29, 1.82) is 0 Å². The molecule has 0 radical (unpaired) electrons. The lowest BCUT2D eigenvalue weighted by Crippen LogP contribution is -2.31. The Morgan fingerprint density at radius 3 is 2.64 bits per heavy atom. The van der Waals surface area contributed by atoms with Gasteiger partial charge in [0, 0.05) is 12.3 Å². The minimum Gasteiger partial charge on any atom is -0.396 e. The van der Waals surface area contributed by atoms with Crippen LogP contribution in [0.15, 0.2) is 0 Å². The van der Waals surface area contributed by atoms with Gasteiger partial charge >= 0.3 is 0 Å². The number of aliphatic hydroxyl groups is 1. The van der Waals surface area contributed by atoms with Crippen molar-refractivity contribution < 1.29 is 9.90 Å². The van der Waals surface area contributed by atoms with Crippen LogP contribution in [0.2, 0.25) is 0 Å². The molecule has 0 heterocycles. The van der Waals surface area contributed by atoms with Gasteiger partial charge in [-0.25, -0.2) is 0 Å². The lowest BCUT2D eigenvalue weighted by molar-refractivity contribution is -0.128. The summed E-state index contributed by atoms with van der Waals surface area (Å²) in [6.45, 7) is 4.30. The van der Waals surface area contributed by atoms with Gasteiger partial charge in [0.2, 0.25) is 0 Å². The average molecular weight is 156 g/mol. The van der Waals surface area contributed by atoms with Crippen molar-refractivity contribution in [2.75, 3.05) is 6.61 Å². The Balaban J connectivity index is 2.55. The van der Waals surface area contributed by atoms with Gasteiger partial charge in [-0.3, -0.25) is 4.79 Å². The average Bonchev–Trinajstić information content (AvgIpc) is 1.97. The Kier molecular flexibility index (Phi) is 2.66. The van der Waals surface area contributed by atoms with E-state index in [0.29, 0.717) is 18.3 Å². The van der Waals surface area contributed by atoms with Crippen molar-refractivity contribution in [1.82, 2.24) is 0 Å². The quantitative estimate of drug-likeness (QED) is 0.620. The van der Waals surface area contributed by atoms with E-state index in [4.69, 9.17) is 5.11 Å². The van der Waals surface area contributed by atoms with E-state index in [0.717, 1.165) is 6.42 Å². The van der Waals surface area contributed by atoms with Gasteiger partial charge in [-0.15, -0.1) is 0 Å². The molecule has 64 valence electrons. The van der Waals surface area contributed by atoms with Crippen molar-refractivity contribution in [3.05, 3.63) is 0 Å². The Morgan fingerprint density at radius 1 is 1.45 bits per heavy atom. The zero-order valence-corrected chi connectivity index (χ0v) is 7.21.